The summed E-state index contributed by atoms with van der Waals surface area (Å²) in [7, 11) is 0. The van der Waals surface area contributed by atoms with Gasteiger partial charge in [0.2, 0.25) is 0 Å². The average Bonchev–Trinajstić information content (AvgIpc) is 2.09. The summed E-state index contributed by atoms with van der Waals surface area (Å²) in [5, 5.41) is 0.0767. The molecule has 1 aromatic rings. The predicted molar refractivity (Wildman–Crippen MR) is 48.5 cm³/mol. The van der Waals surface area contributed by atoms with Crippen molar-refractivity contribution in [2.45, 2.75) is 12.5 Å². The summed E-state index contributed by atoms with van der Waals surface area (Å²) in [6.45, 7) is 0.566. The highest BCUT2D eigenvalue weighted by Gasteiger charge is 2.19. The summed E-state index contributed by atoms with van der Waals surface area (Å²) in [4.78, 5) is 0. The van der Waals surface area contributed by atoms with Crippen LogP contribution in [0, 0.1) is 5.82 Å². The van der Waals surface area contributed by atoms with Crippen molar-refractivity contribution in [3.63, 3.8) is 0 Å². The van der Waals surface area contributed by atoms with Crippen molar-refractivity contribution in [1.82, 2.24) is 0 Å². The van der Waals surface area contributed by atoms with Gasteiger partial charge >= 0.3 is 0 Å². The number of hydrogen-bond donors (Lipinski definition) is 1. The smallest absolute Gasteiger partial charge is 0.142 e. The minimum Gasteiger partial charge on any atom is -0.493 e. The van der Waals surface area contributed by atoms with E-state index >= 15 is 0 Å². The molecule has 0 aromatic heterocycles. The second kappa shape index (κ2) is 3.16. The van der Waals surface area contributed by atoms with E-state index in [1.54, 1.807) is 0 Å². The van der Waals surface area contributed by atoms with Gasteiger partial charge in [0, 0.05) is 24.1 Å². The summed E-state index contributed by atoms with van der Waals surface area (Å²) in [5.41, 5.74) is 6.48. The first kappa shape index (κ1) is 8.78. The highest BCUT2D eigenvalue weighted by Crippen LogP contribution is 2.34. The first-order valence-electron chi connectivity index (χ1n) is 4.06. The Morgan fingerprint density at radius 3 is 3.08 bits per heavy atom. The van der Waals surface area contributed by atoms with Gasteiger partial charge in [-0.05, 0) is 6.07 Å². The van der Waals surface area contributed by atoms with Crippen molar-refractivity contribution in [1.29, 1.82) is 0 Å². The van der Waals surface area contributed by atoms with E-state index in [9.17, 15) is 4.39 Å². The Hall–Kier alpha value is -0.800. The van der Waals surface area contributed by atoms with Crippen molar-refractivity contribution >= 4 is 11.6 Å². The van der Waals surface area contributed by atoms with Crippen LogP contribution in [-0.2, 0) is 0 Å². The highest BCUT2D eigenvalue weighted by molar-refractivity contribution is 6.30. The standard InChI is InChI=1S/C9H9ClFNO/c10-6-4-9-5(3-7(6)11)8(12)1-2-13-9/h3-4,8H,1-2,12H2. The number of fused-ring (bicyclic) bond motifs is 1. The Morgan fingerprint density at radius 1 is 1.54 bits per heavy atom. The van der Waals surface area contributed by atoms with Crippen LogP contribution in [0.25, 0.3) is 0 Å². The molecule has 0 aliphatic carbocycles. The molecule has 4 heteroatoms. The van der Waals surface area contributed by atoms with Gasteiger partial charge in [0.05, 0.1) is 11.6 Å². The topological polar surface area (TPSA) is 35.2 Å². The molecule has 2 nitrogen and oxygen atoms in total. The quantitative estimate of drug-likeness (QED) is 0.699. The van der Waals surface area contributed by atoms with Crippen LogP contribution in [0.3, 0.4) is 0 Å². The fourth-order valence-electron chi connectivity index (χ4n) is 1.41. The Balaban J connectivity index is 2.52. The summed E-state index contributed by atoms with van der Waals surface area (Å²) >= 11 is 5.60. The van der Waals surface area contributed by atoms with Crippen molar-refractivity contribution < 1.29 is 9.13 Å². The third-order valence-corrected chi connectivity index (χ3v) is 2.43. The second-order valence-corrected chi connectivity index (χ2v) is 3.45. The van der Waals surface area contributed by atoms with E-state index in [-0.39, 0.29) is 11.1 Å². The molecule has 2 N–H and O–H groups in total. The van der Waals surface area contributed by atoms with E-state index in [1.807, 2.05) is 0 Å². The summed E-state index contributed by atoms with van der Waals surface area (Å²) < 4.78 is 18.3. The number of rotatable bonds is 0. The Bertz CT molecular complexity index is 343. The molecule has 1 aliphatic heterocycles. The van der Waals surface area contributed by atoms with Gasteiger partial charge in [-0.3, -0.25) is 0 Å². The number of ether oxygens (including phenoxy) is 1. The van der Waals surface area contributed by atoms with Crippen molar-refractivity contribution in [3.8, 4) is 5.75 Å². The van der Waals surface area contributed by atoms with E-state index in [0.29, 0.717) is 24.3 Å². The first-order chi connectivity index (χ1) is 6.18. The maximum atomic E-state index is 13.0. The highest BCUT2D eigenvalue weighted by atomic mass is 35.5. The van der Waals surface area contributed by atoms with Crippen LogP contribution in [0.5, 0.6) is 5.75 Å². The molecule has 0 spiro atoms. The first-order valence-corrected chi connectivity index (χ1v) is 4.43. The molecule has 1 atom stereocenters. The molecule has 0 fully saturated rings. The molecule has 1 aliphatic rings. The lowest BCUT2D eigenvalue weighted by Crippen LogP contribution is -2.20. The van der Waals surface area contributed by atoms with Gasteiger partial charge in [0.1, 0.15) is 11.6 Å². The zero-order chi connectivity index (χ0) is 9.42. The lowest BCUT2D eigenvalue weighted by Gasteiger charge is -2.22. The molecule has 0 saturated heterocycles. The Morgan fingerprint density at radius 2 is 2.31 bits per heavy atom. The molecule has 0 radical (unpaired) electrons. The average molecular weight is 202 g/mol. The fourth-order valence-corrected chi connectivity index (χ4v) is 1.56. The lowest BCUT2D eigenvalue weighted by molar-refractivity contribution is 0.268. The summed E-state index contributed by atoms with van der Waals surface area (Å²) in [6.07, 6.45) is 0.716. The van der Waals surface area contributed by atoms with Crippen LogP contribution in [-0.4, -0.2) is 6.61 Å². The van der Waals surface area contributed by atoms with Gasteiger partial charge in [-0.15, -0.1) is 0 Å². The van der Waals surface area contributed by atoms with E-state index in [1.165, 1.54) is 12.1 Å². The van der Waals surface area contributed by atoms with Crippen LogP contribution in [0.2, 0.25) is 5.02 Å². The van der Waals surface area contributed by atoms with Crippen LogP contribution < -0.4 is 10.5 Å². The van der Waals surface area contributed by atoms with Gasteiger partial charge in [-0.25, -0.2) is 4.39 Å². The fraction of sp³-hybridized carbons (Fsp3) is 0.333. The van der Waals surface area contributed by atoms with Gasteiger partial charge < -0.3 is 10.5 Å². The number of nitrogens with two attached hydrogens (primary N) is 1. The normalized spacial score (nSPS) is 20.7. The summed E-state index contributed by atoms with van der Waals surface area (Å²) in [6, 6.07) is 2.68. The number of benzene rings is 1. The van der Waals surface area contributed by atoms with Crippen molar-refractivity contribution in [2.75, 3.05) is 6.61 Å². The molecule has 0 amide bonds. The van der Waals surface area contributed by atoms with Crippen LogP contribution in [0.1, 0.15) is 18.0 Å². The van der Waals surface area contributed by atoms with Crippen LogP contribution >= 0.6 is 11.6 Å². The van der Waals surface area contributed by atoms with Gasteiger partial charge in [-0.1, -0.05) is 11.6 Å². The minimum absolute atomic E-state index is 0.0767. The van der Waals surface area contributed by atoms with Crippen LogP contribution in [0.4, 0.5) is 4.39 Å². The molecule has 2 rings (SSSR count). The van der Waals surface area contributed by atoms with Gasteiger partial charge in [0.25, 0.3) is 0 Å². The number of hydrogen-bond acceptors (Lipinski definition) is 2. The van der Waals surface area contributed by atoms with Gasteiger partial charge in [-0.2, -0.15) is 0 Å². The molecule has 70 valence electrons. The SMILES string of the molecule is NC1CCOc2cc(Cl)c(F)cc21. The molecule has 1 heterocycles. The molecule has 1 unspecified atom stereocenters. The lowest BCUT2D eigenvalue weighted by atomic mass is 10.0. The van der Waals surface area contributed by atoms with E-state index in [0.717, 1.165) is 0 Å². The molecule has 1 aromatic carbocycles. The van der Waals surface area contributed by atoms with Crippen LogP contribution in [0.15, 0.2) is 12.1 Å². The molecular formula is C9H9ClFNO. The molecule has 0 saturated carbocycles. The summed E-state index contributed by atoms with van der Waals surface area (Å²) in [5.74, 6) is 0.159. The third-order valence-electron chi connectivity index (χ3n) is 2.14. The zero-order valence-corrected chi connectivity index (χ0v) is 7.64. The number of halogens is 2. The monoisotopic (exact) mass is 201 g/mol. The van der Waals surface area contributed by atoms with E-state index in [2.05, 4.69) is 0 Å². The zero-order valence-electron chi connectivity index (χ0n) is 6.89. The third kappa shape index (κ3) is 1.49. The Kier molecular flexibility index (Phi) is 2.14. The largest absolute Gasteiger partial charge is 0.493 e. The minimum atomic E-state index is -0.443. The maximum Gasteiger partial charge on any atom is 0.142 e. The second-order valence-electron chi connectivity index (χ2n) is 3.05. The Labute approximate surface area is 80.4 Å². The van der Waals surface area contributed by atoms with Gasteiger partial charge in [0.15, 0.2) is 0 Å². The van der Waals surface area contributed by atoms with Crippen molar-refractivity contribution in [3.05, 3.63) is 28.5 Å². The molecular weight excluding hydrogens is 193 g/mol. The molecule has 13 heavy (non-hydrogen) atoms. The van der Waals surface area contributed by atoms with E-state index < -0.39 is 5.82 Å². The van der Waals surface area contributed by atoms with Crippen molar-refractivity contribution in [2.24, 2.45) is 5.73 Å². The maximum absolute atomic E-state index is 13.0. The molecule has 0 bridgehead atoms. The predicted octanol–water partition coefficient (Wildman–Crippen LogP) is 2.26. The van der Waals surface area contributed by atoms with E-state index in [4.69, 9.17) is 22.1 Å².